The molecular weight excluding hydrogens is 1050 g/mol. The maximum atomic E-state index is 13.8. The summed E-state index contributed by atoms with van der Waals surface area (Å²) in [6.45, 7) is 13.0. The van der Waals surface area contributed by atoms with Gasteiger partial charge in [0.2, 0.25) is 0 Å². The SMILES string of the molecule is CC(C)c1ccccc1O[B]O.CCCCn1c(=O)c2c(C(O)c3ccc(Cl)cc3)c(-c3ccccc3C(C)C)cnc2n(C)c1=O.CCCCn1c(=O)c2c(C(O)c3ccc(Cl)cc3)c(Br)cnc2n(C)c1=O. The second kappa shape index (κ2) is 25.9. The van der Waals surface area contributed by atoms with Gasteiger partial charge in [-0.25, -0.2) is 19.6 Å². The predicted octanol–water partition coefficient (Wildman–Crippen LogP) is 10.5. The van der Waals surface area contributed by atoms with Crippen molar-refractivity contribution >= 4 is 68.9 Å². The third-order valence-corrected chi connectivity index (χ3v) is 13.9. The molecule has 0 fully saturated rings. The fourth-order valence-corrected chi connectivity index (χ4v) is 9.48. The Balaban J connectivity index is 0.000000201. The third-order valence-electron chi connectivity index (χ3n) is 12.7. The van der Waals surface area contributed by atoms with Crippen molar-refractivity contribution in [2.75, 3.05) is 0 Å². The van der Waals surface area contributed by atoms with Gasteiger partial charge in [-0.15, -0.1) is 0 Å². The molecule has 4 aromatic heterocycles. The number of unbranched alkanes of at least 4 members (excludes halogenated alkanes) is 2. The fraction of sp³-hybridized carbons (Fsp3) is 0.321. The first-order valence-corrected chi connectivity index (χ1v) is 26.0. The van der Waals surface area contributed by atoms with E-state index in [0.717, 1.165) is 35.3 Å². The number of para-hydroxylation sites is 1. The quantitative estimate of drug-likeness (QED) is 0.0835. The van der Waals surface area contributed by atoms with Gasteiger partial charge in [0.15, 0.2) is 0 Å². The monoisotopic (exact) mass is 1110 g/mol. The number of nitrogens with zero attached hydrogens (tertiary/aromatic N) is 6. The molecule has 74 heavy (non-hydrogen) atoms. The van der Waals surface area contributed by atoms with Crippen molar-refractivity contribution in [3.8, 4) is 16.9 Å². The second-order valence-corrected chi connectivity index (χ2v) is 20.1. The topological polar surface area (TPSA) is 184 Å². The van der Waals surface area contributed by atoms with Crippen LogP contribution < -0.4 is 27.2 Å². The molecule has 0 aliphatic rings. The third kappa shape index (κ3) is 12.5. The van der Waals surface area contributed by atoms with Crippen LogP contribution >= 0.6 is 39.1 Å². The molecule has 387 valence electrons. The Labute approximate surface area is 448 Å². The van der Waals surface area contributed by atoms with Crippen LogP contribution in [0.25, 0.3) is 33.2 Å². The largest absolute Gasteiger partial charge is 0.569 e. The lowest BCUT2D eigenvalue weighted by Crippen LogP contribution is -2.40. The summed E-state index contributed by atoms with van der Waals surface area (Å²) in [5.41, 5.74) is 4.53. The molecule has 1 radical (unpaired) electrons. The van der Waals surface area contributed by atoms with Crippen molar-refractivity contribution < 1.29 is 19.9 Å². The summed E-state index contributed by atoms with van der Waals surface area (Å²) in [6, 6.07) is 29.2. The molecule has 0 aliphatic heterocycles. The number of aliphatic hydroxyl groups is 2. The molecule has 0 spiro atoms. The average molecular weight is 1110 g/mol. The Morgan fingerprint density at radius 1 is 0.608 bits per heavy atom. The van der Waals surface area contributed by atoms with Crippen molar-refractivity contribution in [2.45, 2.75) is 104 Å². The Morgan fingerprint density at radius 3 is 1.51 bits per heavy atom. The summed E-state index contributed by atoms with van der Waals surface area (Å²) in [7, 11) is 3.90. The average Bonchev–Trinajstić information content (AvgIpc) is 3.39. The first-order chi connectivity index (χ1) is 35.4. The lowest BCUT2D eigenvalue weighted by atomic mass is 9.87. The molecule has 0 saturated heterocycles. The van der Waals surface area contributed by atoms with Crippen molar-refractivity contribution in [1.82, 2.24) is 28.2 Å². The van der Waals surface area contributed by atoms with E-state index in [9.17, 15) is 29.4 Å². The number of aromatic nitrogens is 6. The predicted molar refractivity (Wildman–Crippen MR) is 300 cm³/mol. The summed E-state index contributed by atoms with van der Waals surface area (Å²) in [6.07, 6.45) is 4.04. The van der Waals surface area contributed by atoms with E-state index in [1.165, 1.54) is 24.5 Å². The number of halogens is 3. The fourth-order valence-electron chi connectivity index (χ4n) is 8.71. The highest BCUT2D eigenvalue weighted by Gasteiger charge is 2.27. The van der Waals surface area contributed by atoms with Gasteiger partial charge in [-0.1, -0.05) is 144 Å². The van der Waals surface area contributed by atoms with E-state index >= 15 is 0 Å². The van der Waals surface area contributed by atoms with Crippen LogP contribution in [0.2, 0.25) is 10.0 Å². The van der Waals surface area contributed by atoms with Gasteiger partial charge in [0.25, 0.3) is 11.1 Å². The molecule has 8 rings (SSSR count). The summed E-state index contributed by atoms with van der Waals surface area (Å²) in [4.78, 5) is 61.3. The van der Waals surface area contributed by atoms with Gasteiger partial charge in [0.05, 0.1) is 10.8 Å². The van der Waals surface area contributed by atoms with Crippen LogP contribution in [0.1, 0.15) is 125 Å². The van der Waals surface area contributed by atoms with Gasteiger partial charge >= 0.3 is 19.1 Å². The molecule has 14 nitrogen and oxygen atoms in total. The molecule has 0 amide bonds. The van der Waals surface area contributed by atoms with Crippen LogP contribution in [0, 0.1) is 0 Å². The smallest absolute Gasteiger partial charge is 0.537 e. The second-order valence-electron chi connectivity index (χ2n) is 18.4. The van der Waals surface area contributed by atoms with Crippen LogP contribution in [-0.4, -0.2) is 51.2 Å². The van der Waals surface area contributed by atoms with Gasteiger partial charge in [0, 0.05) is 70.8 Å². The van der Waals surface area contributed by atoms with Gasteiger partial charge in [0.1, 0.15) is 29.3 Å². The van der Waals surface area contributed by atoms with Crippen molar-refractivity contribution in [1.29, 1.82) is 0 Å². The lowest BCUT2D eigenvalue weighted by Gasteiger charge is -2.22. The molecule has 4 heterocycles. The van der Waals surface area contributed by atoms with E-state index in [1.807, 2.05) is 62.4 Å². The molecule has 0 saturated carbocycles. The summed E-state index contributed by atoms with van der Waals surface area (Å²) >= 11 is 15.4. The van der Waals surface area contributed by atoms with Crippen molar-refractivity contribution in [3.63, 3.8) is 0 Å². The highest BCUT2D eigenvalue weighted by Crippen LogP contribution is 2.39. The number of fused-ring (bicyclic) bond motifs is 2. The Hall–Kier alpha value is -6.14. The first-order valence-electron chi connectivity index (χ1n) is 24.5. The molecule has 4 aromatic carbocycles. The van der Waals surface area contributed by atoms with Crippen LogP contribution in [0.15, 0.2) is 133 Å². The van der Waals surface area contributed by atoms with Crippen molar-refractivity contribution in [2.24, 2.45) is 14.1 Å². The maximum Gasteiger partial charge on any atom is 0.569 e. The van der Waals surface area contributed by atoms with E-state index in [0.29, 0.717) is 81.9 Å². The minimum atomic E-state index is -1.13. The number of hydrogen-bond acceptors (Lipinski definition) is 10. The summed E-state index contributed by atoms with van der Waals surface area (Å²) < 4.78 is 10.6. The Kier molecular flexibility index (Phi) is 20.0. The lowest BCUT2D eigenvalue weighted by molar-refractivity contribution is 0.221. The molecule has 18 heteroatoms. The van der Waals surface area contributed by atoms with E-state index in [4.69, 9.17) is 32.9 Å². The number of aliphatic hydroxyl groups excluding tert-OH is 2. The number of benzene rings is 4. The molecule has 0 bridgehead atoms. The van der Waals surface area contributed by atoms with Gasteiger partial charge in [-0.3, -0.25) is 27.9 Å². The van der Waals surface area contributed by atoms with E-state index < -0.39 is 34.7 Å². The van der Waals surface area contributed by atoms with Crippen molar-refractivity contribution in [3.05, 3.63) is 199 Å². The van der Waals surface area contributed by atoms with E-state index in [-0.39, 0.29) is 28.0 Å². The summed E-state index contributed by atoms with van der Waals surface area (Å²) in [5.74, 6) is 1.33. The van der Waals surface area contributed by atoms with Crippen LogP contribution in [-0.2, 0) is 27.2 Å². The molecule has 3 N–H and O–H groups in total. The molecule has 2 unspecified atom stereocenters. The highest BCUT2D eigenvalue weighted by molar-refractivity contribution is 9.10. The first kappa shape index (κ1) is 57.1. The normalized spacial score (nSPS) is 12.1. The van der Waals surface area contributed by atoms with Gasteiger partial charge < -0.3 is 19.9 Å². The highest BCUT2D eigenvalue weighted by atomic mass is 79.9. The maximum absolute atomic E-state index is 13.8. The molecule has 2 atom stereocenters. The molecule has 8 aromatic rings. The van der Waals surface area contributed by atoms with Gasteiger partial charge in [-0.2, -0.15) is 0 Å². The zero-order valence-corrected chi connectivity index (χ0v) is 45.8. The number of rotatable bonds is 15. The number of aryl methyl sites for hydroxylation is 2. The molecule has 0 aliphatic carbocycles. The number of hydrogen-bond donors (Lipinski definition) is 3. The molecular formula is C56H61BBrCl2N6O8. The zero-order chi connectivity index (χ0) is 54.0. The van der Waals surface area contributed by atoms with Gasteiger partial charge in [-0.05, 0) is 98.8 Å². The van der Waals surface area contributed by atoms with E-state index in [2.05, 4.69) is 53.6 Å². The van der Waals surface area contributed by atoms with Crippen LogP contribution in [0.3, 0.4) is 0 Å². The summed E-state index contributed by atoms with van der Waals surface area (Å²) in [5, 5.41) is 32.7. The Morgan fingerprint density at radius 2 is 1.04 bits per heavy atom. The number of pyridine rings is 2. The minimum Gasteiger partial charge on any atom is -0.537 e. The van der Waals surface area contributed by atoms with E-state index in [1.54, 1.807) is 68.8 Å². The Bertz CT molecular complexity index is 3490. The minimum absolute atomic E-state index is 0.212. The van der Waals surface area contributed by atoms with Crippen LogP contribution in [0.4, 0.5) is 0 Å². The zero-order valence-electron chi connectivity index (χ0n) is 42.7. The van der Waals surface area contributed by atoms with Crippen LogP contribution in [0.5, 0.6) is 5.75 Å². The standard InChI is InChI=1S/C28H30ClN3O3.C19H19BrClN3O3.C9H12BO2/c1-5-6-15-32-27(34)24-23(25(33)18-11-13-19(29)14-12-18)22(16-30-26(24)31(4)28(32)35)21-10-8-7-9-20(21)17(2)3;1-3-4-9-24-18(26)15-14(16(25)11-5-7-12(21)8-6-11)13(20)10-22-17(15)23(2)19(24)27;1-7(2)8-5-3-4-6-9(8)12-10-11/h7-14,16-17,25,33H,5-6,15H2,1-4H3;5-8,10,16,25H,3-4,9H2,1-2H3;3-7,11H,1-2H3.